The fourth-order valence-corrected chi connectivity index (χ4v) is 2.13. The predicted molar refractivity (Wildman–Crippen MR) is 73.6 cm³/mol. The van der Waals surface area contributed by atoms with Gasteiger partial charge in [-0.2, -0.15) is 4.68 Å². The zero-order chi connectivity index (χ0) is 15.7. The van der Waals surface area contributed by atoms with Crippen LogP contribution >= 0.6 is 0 Å². The van der Waals surface area contributed by atoms with E-state index in [9.17, 15) is 9.59 Å². The molecule has 1 saturated carbocycles. The second-order valence-electron chi connectivity index (χ2n) is 4.98. The van der Waals surface area contributed by atoms with Crippen LogP contribution in [0.5, 0.6) is 5.75 Å². The Balaban J connectivity index is 1.88. The second kappa shape index (κ2) is 5.10. The molecule has 1 aliphatic carbocycles. The van der Waals surface area contributed by atoms with E-state index >= 15 is 0 Å². The fourth-order valence-electron chi connectivity index (χ4n) is 2.13. The van der Waals surface area contributed by atoms with Crippen molar-refractivity contribution in [3.63, 3.8) is 0 Å². The number of ether oxygens (including phenoxy) is 1. The van der Waals surface area contributed by atoms with E-state index in [1.54, 1.807) is 18.2 Å². The summed E-state index contributed by atoms with van der Waals surface area (Å²) in [6, 6.07) is 4.89. The summed E-state index contributed by atoms with van der Waals surface area (Å²) >= 11 is 0. The Labute approximate surface area is 124 Å². The molecule has 2 aromatic rings. The number of nitrogens with one attached hydrogen (secondary N) is 1. The Morgan fingerprint density at radius 3 is 2.73 bits per heavy atom. The predicted octanol–water partition coefficient (Wildman–Crippen LogP) is 0.474. The van der Waals surface area contributed by atoms with Crippen molar-refractivity contribution in [3.8, 4) is 11.4 Å². The normalized spacial score (nSPS) is 15.1. The highest BCUT2D eigenvalue weighted by molar-refractivity contribution is 6.10. The number of rotatable bonds is 5. The van der Waals surface area contributed by atoms with Crippen molar-refractivity contribution in [2.75, 3.05) is 12.4 Å². The van der Waals surface area contributed by atoms with Crippen molar-refractivity contribution in [1.82, 2.24) is 20.2 Å². The number of carboxylic acids is 1. The molecule has 0 bridgehead atoms. The lowest BCUT2D eigenvalue weighted by Crippen LogP contribution is -2.31. The van der Waals surface area contributed by atoms with E-state index in [1.165, 1.54) is 18.1 Å². The lowest BCUT2D eigenvalue weighted by atomic mass is 10.1. The lowest BCUT2D eigenvalue weighted by Gasteiger charge is -2.13. The van der Waals surface area contributed by atoms with E-state index in [-0.39, 0.29) is 0 Å². The molecule has 9 heteroatoms. The molecular weight excluding hydrogens is 290 g/mol. The van der Waals surface area contributed by atoms with Gasteiger partial charge in [-0.3, -0.25) is 9.59 Å². The minimum absolute atomic E-state index is 0.351. The Hall–Kier alpha value is -2.97. The first kappa shape index (κ1) is 14.0. The van der Waals surface area contributed by atoms with E-state index in [0.717, 1.165) is 0 Å². The molecule has 114 valence electrons. The first-order valence-corrected chi connectivity index (χ1v) is 6.53. The number of hydrogen-bond acceptors (Lipinski definition) is 6. The summed E-state index contributed by atoms with van der Waals surface area (Å²) in [6.07, 6.45) is 2.09. The third kappa shape index (κ3) is 2.26. The quantitative estimate of drug-likeness (QED) is 0.771. The number of carboxylic acid groups (broad SMARTS) is 1. The number of tetrazole rings is 1. The lowest BCUT2D eigenvalue weighted by molar-refractivity contribution is -0.147. The molecule has 2 N–H and O–H groups in total. The molecule has 0 aliphatic heterocycles. The highest BCUT2D eigenvalue weighted by Crippen LogP contribution is 2.46. The molecule has 1 amide bonds. The summed E-state index contributed by atoms with van der Waals surface area (Å²) in [7, 11) is 1.51. The van der Waals surface area contributed by atoms with Gasteiger partial charge in [0.25, 0.3) is 0 Å². The van der Waals surface area contributed by atoms with Crippen molar-refractivity contribution < 1.29 is 19.4 Å². The van der Waals surface area contributed by atoms with E-state index in [1.807, 2.05) is 0 Å². The van der Waals surface area contributed by atoms with Crippen LogP contribution in [0.1, 0.15) is 12.8 Å². The van der Waals surface area contributed by atoms with Gasteiger partial charge in [0.15, 0.2) is 0 Å². The summed E-state index contributed by atoms with van der Waals surface area (Å²) in [6.45, 7) is 0. The van der Waals surface area contributed by atoms with E-state index < -0.39 is 17.3 Å². The number of aromatic nitrogens is 4. The van der Waals surface area contributed by atoms with Crippen LogP contribution < -0.4 is 10.1 Å². The largest absolute Gasteiger partial charge is 0.494 e. The number of hydrogen-bond donors (Lipinski definition) is 2. The zero-order valence-electron chi connectivity index (χ0n) is 11.7. The van der Waals surface area contributed by atoms with Gasteiger partial charge >= 0.3 is 5.97 Å². The summed E-state index contributed by atoms with van der Waals surface area (Å²) in [5.41, 5.74) is -0.316. The molecule has 9 nitrogen and oxygen atoms in total. The third-order valence-corrected chi connectivity index (χ3v) is 3.63. The molecule has 3 rings (SSSR count). The fraction of sp³-hybridized carbons (Fsp3) is 0.308. The van der Waals surface area contributed by atoms with Gasteiger partial charge in [-0.15, -0.1) is 5.10 Å². The third-order valence-electron chi connectivity index (χ3n) is 3.63. The molecule has 22 heavy (non-hydrogen) atoms. The van der Waals surface area contributed by atoms with Gasteiger partial charge < -0.3 is 15.2 Å². The number of carbonyl (C=O) groups excluding carboxylic acids is 1. The Morgan fingerprint density at radius 1 is 1.41 bits per heavy atom. The van der Waals surface area contributed by atoms with Crippen molar-refractivity contribution in [2.24, 2.45) is 5.41 Å². The molecule has 0 spiro atoms. The molecular formula is C13H13N5O4. The van der Waals surface area contributed by atoms with Crippen LogP contribution in [0.3, 0.4) is 0 Å². The van der Waals surface area contributed by atoms with E-state index in [2.05, 4.69) is 20.8 Å². The number of amides is 1. The van der Waals surface area contributed by atoms with Gasteiger partial charge in [0.2, 0.25) is 5.91 Å². The maximum atomic E-state index is 12.1. The molecule has 0 radical (unpaired) electrons. The van der Waals surface area contributed by atoms with Gasteiger partial charge in [0.1, 0.15) is 23.2 Å². The van der Waals surface area contributed by atoms with E-state index in [0.29, 0.717) is 30.0 Å². The van der Waals surface area contributed by atoms with Crippen molar-refractivity contribution >= 4 is 17.6 Å². The monoisotopic (exact) mass is 303 g/mol. The average Bonchev–Trinajstić information content (AvgIpc) is 3.16. The molecule has 1 aromatic heterocycles. The van der Waals surface area contributed by atoms with Crippen LogP contribution in [0.25, 0.3) is 5.69 Å². The number of benzene rings is 1. The highest BCUT2D eigenvalue weighted by atomic mass is 16.5. The summed E-state index contributed by atoms with van der Waals surface area (Å²) in [4.78, 5) is 23.3. The first-order chi connectivity index (χ1) is 10.6. The van der Waals surface area contributed by atoms with Gasteiger partial charge in [-0.1, -0.05) is 0 Å². The maximum Gasteiger partial charge on any atom is 0.319 e. The van der Waals surface area contributed by atoms with Crippen molar-refractivity contribution in [2.45, 2.75) is 12.8 Å². The molecule has 0 atom stereocenters. The molecule has 0 unspecified atom stereocenters. The van der Waals surface area contributed by atoms with E-state index in [4.69, 9.17) is 9.84 Å². The summed E-state index contributed by atoms with van der Waals surface area (Å²) < 4.78 is 6.61. The van der Waals surface area contributed by atoms with Gasteiger partial charge in [-0.05, 0) is 41.5 Å². The van der Waals surface area contributed by atoms with Crippen molar-refractivity contribution in [3.05, 3.63) is 24.5 Å². The topological polar surface area (TPSA) is 119 Å². The van der Waals surface area contributed by atoms with Crippen LogP contribution in [0.15, 0.2) is 24.5 Å². The summed E-state index contributed by atoms with van der Waals surface area (Å²) in [5.74, 6) is -1.10. The molecule has 0 saturated heterocycles. The van der Waals surface area contributed by atoms with Crippen LogP contribution in [-0.4, -0.2) is 44.3 Å². The summed E-state index contributed by atoms with van der Waals surface area (Å²) in [5, 5.41) is 22.6. The SMILES string of the molecule is COc1ccc(NC(=O)C2(C(=O)O)CC2)cc1-n1cnnn1. The van der Waals surface area contributed by atoms with Crippen LogP contribution in [-0.2, 0) is 9.59 Å². The van der Waals surface area contributed by atoms with Crippen LogP contribution in [0, 0.1) is 5.41 Å². The Morgan fingerprint density at radius 2 is 2.18 bits per heavy atom. The molecule has 1 aromatic carbocycles. The number of aliphatic carboxylic acids is 1. The molecule has 1 heterocycles. The molecule has 1 fully saturated rings. The number of methoxy groups -OCH3 is 1. The minimum Gasteiger partial charge on any atom is -0.494 e. The van der Waals surface area contributed by atoms with Gasteiger partial charge in [0, 0.05) is 5.69 Å². The Bertz CT molecular complexity index is 724. The number of anilines is 1. The smallest absolute Gasteiger partial charge is 0.319 e. The second-order valence-corrected chi connectivity index (χ2v) is 4.98. The van der Waals surface area contributed by atoms with Crippen LogP contribution in [0.4, 0.5) is 5.69 Å². The number of nitrogens with zero attached hydrogens (tertiary/aromatic N) is 4. The van der Waals surface area contributed by atoms with Crippen molar-refractivity contribution in [1.29, 1.82) is 0 Å². The van der Waals surface area contributed by atoms with Crippen LogP contribution in [0.2, 0.25) is 0 Å². The highest BCUT2D eigenvalue weighted by Gasteiger charge is 2.57. The van der Waals surface area contributed by atoms with Gasteiger partial charge in [0.05, 0.1) is 7.11 Å². The minimum atomic E-state index is -1.30. The zero-order valence-corrected chi connectivity index (χ0v) is 11.7. The average molecular weight is 303 g/mol. The maximum absolute atomic E-state index is 12.1. The first-order valence-electron chi connectivity index (χ1n) is 6.53. The molecule has 1 aliphatic rings. The Kier molecular flexibility index (Phi) is 3.24. The standard InChI is InChI=1S/C13H13N5O4/c1-22-10-3-2-8(6-9(10)18-7-14-16-17-18)15-11(19)13(4-5-13)12(20)21/h2-3,6-7H,4-5H2,1H3,(H,15,19)(H,20,21). The number of carbonyl (C=O) groups is 2. The van der Waals surface area contributed by atoms with Gasteiger partial charge in [-0.25, -0.2) is 0 Å².